The number of rotatable bonds is 2. The monoisotopic (exact) mass is 288 g/mol. The van der Waals surface area contributed by atoms with E-state index in [4.69, 9.17) is 4.74 Å². The number of ether oxygens (including phenoxy) is 1. The topological polar surface area (TPSA) is 49.9 Å². The molecule has 2 heterocycles. The van der Waals surface area contributed by atoms with Gasteiger partial charge in [-0.3, -0.25) is 9.59 Å². The molecule has 1 fully saturated rings. The lowest BCUT2D eigenvalue weighted by Crippen LogP contribution is -2.52. The minimum absolute atomic E-state index is 0.113. The van der Waals surface area contributed by atoms with Crippen molar-refractivity contribution >= 4 is 17.4 Å². The molecule has 0 N–H and O–H groups in total. The molecule has 1 saturated heterocycles. The van der Waals surface area contributed by atoms with Gasteiger partial charge in [0, 0.05) is 37.3 Å². The van der Waals surface area contributed by atoms with Crippen LogP contribution >= 0.6 is 0 Å². The lowest BCUT2D eigenvalue weighted by atomic mass is 9.98. The summed E-state index contributed by atoms with van der Waals surface area (Å²) in [6.45, 7) is 5.04. The van der Waals surface area contributed by atoms with Gasteiger partial charge in [0.2, 0.25) is 5.91 Å². The second-order valence-electron chi connectivity index (χ2n) is 5.50. The van der Waals surface area contributed by atoms with E-state index in [1.807, 2.05) is 36.1 Å². The molecule has 1 amide bonds. The van der Waals surface area contributed by atoms with Gasteiger partial charge in [0.05, 0.1) is 13.2 Å². The minimum atomic E-state index is -0.252. The summed E-state index contributed by atoms with van der Waals surface area (Å²) in [7, 11) is 0. The first-order valence-electron chi connectivity index (χ1n) is 7.44. The smallest absolute Gasteiger partial charge is 0.245 e. The third-order valence-electron chi connectivity index (χ3n) is 4.24. The fourth-order valence-corrected chi connectivity index (χ4v) is 3.02. The Morgan fingerprint density at radius 3 is 2.67 bits per heavy atom. The number of fused-ring (bicyclic) bond motifs is 1. The van der Waals surface area contributed by atoms with Crippen LogP contribution < -0.4 is 4.90 Å². The van der Waals surface area contributed by atoms with Crippen LogP contribution in [0.25, 0.3) is 0 Å². The van der Waals surface area contributed by atoms with Crippen molar-refractivity contribution in [2.24, 2.45) is 0 Å². The number of para-hydroxylation sites is 1. The van der Waals surface area contributed by atoms with Crippen molar-refractivity contribution in [1.82, 2.24) is 4.90 Å². The van der Waals surface area contributed by atoms with Crippen molar-refractivity contribution in [3.63, 3.8) is 0 Å². The van der Waals surface area contributed by atoms with Crippen molar-refractivity contribution in [3.8, 4) is 0 Å². The predicted octanol–water partition coefficient (Wildman–Crippen LogP) is 1.33. The van der Waals surface area contributed by atoms with Gasteiger partial charge in [-0.05, 0) is 19.1 Å². The fraction of sp³-hybridized carbons (Fsp3) is 0.500. The van der Waals surface area contributed by atoms with Gasteiger partial charge in [0.1, 0.15) is 6.04 Å². The van der Waals surface area contributed by atoms with Crippen LogP contribution in [0.1, 0.15) is 23.7 Å². The maximum absolute atomic E-state index is 12.6. The van der Waals surface area contributed by atoms with E-state index in [9.17, 15) is 9.59 Å². The molecule has 5 nitrogen and oxygen atoms in total. The van der Waals surface area contributed by atoms with Crippen molar-refractivity contribution in [2.45, 2.75) is 19.4 Å². The van der Waals surface area contributed by atoms with Crippen LogP contribution in [0.5, 0.6) is 0 Å². The van der Waals surface area contributed by atoms with E-state index < -0.39 is 0 Å². The van der Waals surface area contributed by atoms with Crippen LogP contribution in [-0.2, 0) is 9.53 Å². The number of amides is 1. The molecule has 0 radical (unpaired) electrons. The predicted molar refractivity (Wildman–Crippen MR) is 79.6 cm³/mol. The van der Waals surface area contributed by atoms with Crippen molar-refractivity contribution in [1.29, 1.82) is 0 Å². The van der Waals surface area contributed by atoms with E-state index in [0.717, 1.165) is 11.3 Å². The molecule has 3 rings (SSSR count). The SMILES string of the molecule is CC(C(=O)N1CCOCC1)N1CCC(=O)c2ccccc21. The van der Waals surface area contributed by atoms with Crippen molar-refractivity contribution in [3.05, 3.63) is 29.8 Å². The highest BCUT2D eigenvalue weighted by Crippen LogP contribution is 2.28. The number of benzene rings is 1. The van der Waals surface area contributed by atoms with E-state index in [1.54, 1.807) is 0 Å². The van der Waals surface area contributed by atoms with Crippen LogP contribution in [0.15, 0.2) is 24.3 Å². The first-order chi connectivity index (χ1) is 10.2. The Bertz CT molecular complexity index is 552. The van der Waals surface area contributed by atoms with Gasteiger partial charge in [0.25, 0.3) is 0 Å². The lowest BCUT2D eigenvalue weighted by molar-refractivity contribution is -0.136. The Balaban J connectivity index is 1.81. The molecule has 1 atom stereocenters. The first kappa shape index (κ1) is 14.1. The minimum Gasteiger partial charge on any atom is -0.378 e. The Morgan fingerprint density at radius 2 is 1.90 bits per heavy atom. The molecule has 1 aromatic rings. The molecule has 0 aromatic heterocycles. The van der Waals surface area contributed by atoms with E-state index in [-0.39, 0.29) is 17.7 Å². The van der Waals surface area contributed by atoms with Crippen LogP contribution in [0, 0.1) is 0 Å². The highest BCUT2D eigenvalue weighted by atomic mass is 16.5. The summed E-state index contributed by atoms with van der Waals surface area (Å²) >= 11 is 0. The maximum atomic E-state index is 12.6. The first-order valence-corrected chi connectivity index (χ1v) is 7.44. The Kier molecular flexibility index (Phi) is 3.92. The molecule has 0 saturated carbocycles. The molecule has 1 unspecified atom stereocenters. The van der Waals surface area contributed by atoms with Gasteiger partial charge < -0.3 is 14.5 Å². The third kappa shape index (κ3) is 2.65. The summed E-state index contributed by atoms with van der Waals surface area (Å²) in [5.41, 5.74) is 1.60. The average molecular weight is 288 g/mol. The number of morpholine rings is 1. The summed E-state index contributed by atoms with van der Waals surface area (Å²) in [6, 6.07) is 7.30. The summed E-state index contributed by atoms with van der Waals surface area (Å²) in [5, 5.41) is 0. The maximum Gasteiger partial charge on any atom is 0.245 e. The van der Waals surface area contributed by atoms with Gasteiger partial charge in [-0.2, -0.15) is 0 Å². The summed E-state index contributed by atoms with van der Waals surface area (Å²) in [4.78, 5) is 28.5. The zero-order valence-corrected chi connectivity index (χ0v) is 12.2. The molecule has 5 heteroatoms. The molecule has 0 spiro atoms. The van der Waals surface area contributed by atoms with Crippen molar-refractivity contribution < 1.29 is 14.3 Å². The normalized spacial score (nSPS) is 20.1. The highest BCUT2D eigenvalue weighted by Gasteiger charge is 2.31. The highest BCUT2D eigenvalue weighted by molar-refractivity contribution is 6.04. The van der Waals surface area contributed by atoms with Crippen LogP contribution in [0.3, 0.4) is 0 Å². The Labute approximate surface area is 124 Å². The van der Waals surface area contributed by atoms with Crippen molar-refractivity contribution in [2.75, 3.05) is 37.7 Å². The van der Waals surface area contributed by atoms with Gasteiger partial charge >= 0.3 is 0 Å². The summed E-state index contributed by atoms with van der Waals surface area (Å²) < 4.78 is 5.29. The number of anilines is 1. The number of nitrogens with zero attached hydrogens (tertiary/aromatic N) is 2. The van der Waals surface area contributed by atoms with Crippen LogP contribution in [0.2, 0.25) is 0 Å². The quantitative estimate of drug-likeness (QED) is 0.824. The molecule has 0 bridgehead atoms. The standard InChI is InChI=1S/C16H20N2O3/c1-12(16(20)17-8-10-21-11-9-17)18-7-6-15(19)13-4-2-3-5-14(13)18/h2-5,12H,6-11H2,1H3. The number of Topliss-reactive ketones (excluding diaryl/α,β-unsaturated/α-hetero) is 1. The molecular weight excluding hydrogens is 268 g/mol. The zero-order valence-electron chi connectivity index (χ0n) is 12.2. The molecule has 21 heavy (non-hydrogen) atoms. The molecule has 0 aliphatic carbocycles. The largest absolute Gasteiger partial charge is 0.378 e. The molecule has 2 aliphatic rings. The molecule has 2 aliphatic heterocycles. The number of ketones is 1. The fourth-order valence-electron chi connectivity index (χ4n) is 3.02. The second kappa shape index (κ2) is 5.85. The van der Waals surface area contributed by atoms with Gasteiger partial charge in [0.15, 0.2) is 5.78 Å². The molecular formula is C16H20N2O3. The van der Waals surface area contributed by atoms with E-state index in [2.05, 4.69) is 4.90 Å². The average Bonchev–Trinajstić information content (AvgIpc) is 2.55. The second-order valence-corrected chi connectivity index (χ2v) is 5.50. The summed E-state index contributed by atoms with van der Waals surface area (Å²) in [6.07, 6.45) is 0.470. The zero-order chi connectivity index (χ0) is 14.8. The van der Waals surface area contributed by atoms with E-state index >= 15 is 0 Å². The Hall–Kier alpha value is -1.88. The number of carbonyl (C=O) groups is 2. The van der Waals surface area contributed by atoms with Crippen LogP contribution in [0.4, 0.5) is 5.69 Å². The molecule has 1 aromatic carbocycles. The van der Waals surface area contributed by atoms with E-state index in [1.165, 1.54) is 0 Å². The van der Waals surface area contributed by atoms with Gasteiger partial charge in [-0.1, -0.05) is 12.1 Å². The lowest BCUT2D eigenvalue weighted by Gasteiger charge is -2.38. The summed E-state index contributed by atoms with van der Waals surface area (Å²) in [5.74, 6) is 0.273. The number of hydrogen-bond acceptors (Lipinski definition) is 4. The number of hydrogen-bond donors (Lipinski definition) is 0. The number of carbonyl (C=O) groups excluding carboxylic acids is 2. The van der Waals surface area contributed by atoms with E-state index in [0.29, 0.717) is 39.3 Å². The van der Waals surface area contributed by atoms with Gasteiger partial charge in [-0.15, -0.1) is 0 Å². The van der Waals surface area contributed by atoms with Crippen LogP contribution in [-0.4, -0.2) is 55.5 Å². The Morgan fingerprint density at radius 1 is 1.19 bits per heavy atom. The third-order valence-corrected chi connectivity index (χ3v) is 4.24. The molecule has 112 valence electrons. The van der Waals surface area contributed by atoms with Gasteiger partial charge in [-0.25, -0.2) is 0 Å².